The molecule has 18 heavy (non-hydrogen) atoms. The Morgan fingerprint density at radius 1 is 1.17 bits per heavy atom. The Kier molecular flexibility index (Phi) is 2.80. The number of aromatic nitrogens is 2. The summed E-state index contributed by atoms with van der Waals surface area (Å²) in [5, 5.41) is 0. The van der Waals surface area contributed by atoms with Crippen LogP contribution >= 0.6 is 15.9 Å². The normalized spacial score (nSPS) is 10.9. The summed E-state index contributed by atoms with van der Waals surface area (Å²) < 4.78 is 1.05. The lowest BCUT2D eigenvalue weighted by Gasteiger charge is -1.99. The van der Waals surface area contributed by atoms with Gasteiger partial charge in [-0.05, 0) is 35.9 Å². The number of nitrogens with zero attached hydrogens (tertiary/aromatic N) is 1. The molecule has 0 saturated heterocycles. The number of benzene rings is 2. The minimum absolute atomic E-state index is 0.761. The lowest BCUT2D eigenvalue weighted by Crippen LogP contribution is -1.92. The number of aromatic amines is 1. The fraction of sp³-hybridized carbons (Fsp3) is 0.0714. The first kappa shape index (κ1) is 11.3. The Labute approximate surface area is 113 Å². The number of hydrogen-bond acceptors (Lipinski definition) is 2. The van der Waals surface area contributed by atoms with Crippen LogP contribution in [-0.2, 0) is 6.42 Å². The lowest BCUT2D eigenvalue weighted by atomic mass is 10.1. The van der Waals surface area contributed by atoms with E-state index in [4.69, 9.17) is 5.73 Å². The van der Waals surface area contributed by atoms with E-state index in [1.165, 1.54) is 0 Å². The van der Waals surface area contributed by atoms with E-state index in [-0.39, 0.29) is 0 Å². The Hall–Kier alpha value is -1.81. The van der Waals surface area contributed by atoms with Crippen molar-refractivity contribution in [3.05, 3.63) is 58.3 Å². The Bertz CT molecular complexity index is 703. The van der Waals surface area contributed by atoms with E-state index < -0.39 is 0 Å². The van der Waals surface area contributed by atoms with Crippen molar-refractivity contribution in [1.82, 2.24) is 9.97 Å². The fourth-order valence-corrected chi connectivity index (χ4v) is 2.38. The minimum Gasteiger partial charge on any atom is -0.399 e. The van der Waals surface area contributed by atoms with Crippen molar-refractivity contribution in [2.24, 2.45) is 0 Å². The van der Waals surface area contributed by atoms with Crippen LogP contribution in [0.1, 0.15) is 11.4 Å². The van der Waals surface area contributed by atoms with Gasteiger partial charge in [-0.3, -0.25) is 0 Å². The predicted molar refractivity (Wildman–Crippen MR) is 77.5 cm³/mol. The molecule has 0 saturated carbocycles. The molecule has 1 aromatic heterocycles. The summed E-state index contributed by atoms with van der Waals surface area (Å²) >= 11 is 3.45. The highest BCUT2D eigenvalue weighted by molar-refractivity contribution is 9.10. The van der Waals surface area contributed by atoms with E-state index in [0.717, 1.165) is 39.0 Å². The maximum atomic E-state index is 5.77. The van der Waals surface area contributed by atoms with Crippen LogP contribution in [0.25, 0.3) is 11.0 Å². The Morgan fingerprint density at radius 3 is 2.89 bits per heavy atom. The number of hydrogen-bond donors (Lipinski definition) is 2. The third kappa shape index (κ3) is 2.24. The summed E-state index contributed by atoms with van der Waals surface area (Å²) in [4.78, 5) is 7.88. The van der Waals surface area contributed by atoms with Gasteiger partial charge in [0.25, 0.3) is 0 Å². The molecule has 0 atom stereocenters. The van der Waals surface area contributed by atoms with Crippen LogP contribution < -0.4 is 5.73 Å². The van der Waals surface area contributed by atoms with Crippen LogP contribution in [0.2, 0.25) is 0 Å². The summed E-state index contributed by atoms with van der Waals surface area (Å²) in [6.45, 7) is 0. The highest BCUT2D eigenvalue weighted by atomic mass is 79.9. The molecular weight excluding hydrogens is 290 g/mol. The second kappa shape index (κ2) is 4.46. The molecule has 4 heteroatoms. The third-order valence-electron chi connectivity index (χ3n) is 2.82. The zero-order chi connectivity index (χ0) is 12.5. The lowest BCUT2D eigenvalue weighted by molar-refractivity contribution is 1.04. The molecule has 0 radical (unpaired) electrons. The first-order chi connectivity index (χ1) is 8.70. The van der Waals surface area contributed by atoms with Gasteiger partial charge >= 0.3 is 0 Å². The van der Waals surface area contributed by atoms with Crippen LogP contribution in [0.4, 0.5) is 5.69 Å². The molecule has 1 heterocycles. The topological polar surface area (TPSA) is 54.7 Å². The smallest absolute Gasteiger partial charge is 0.111 e. The van der Waals surface area contributed by atoms with E-state index in [2.05, 4.69) is 32.0 Å². The second-order valence-electron chi connectivity index (χ2n) is 4.27. The zero-order valence-corrected chi connectivity index (χ0v) is 11.2. The maximum Gasteiger partial charge on any atom is 0.111 e. The van der Waals surface area contributed by atoms with Crippen molar-refractivity contribution in [2.75, 3.05) is 5.73 Å². The number of nitrogen functional groups attached to an aromatic ring is 1. The quantitative estimate of drug-likeness (QED) is 0.712. The summed E-state index contributed by atoms with van der Waals surface area (Å²) in [5.74, 6) is 0.953. The van der Waals surface area contributed by atoms with Gasteiger partial charge < -0.3 is 10.7 Å². The molecule has 0 unspecified atom stereocenters. The van der Waals surface area contributed by atoms with Gasteiger partial charge in [-0.2, -0.15) is 0 Å². The predicted octanol–water partition coefficient (Wildman–Crippen LogP) is 3.50. The molecule has 3 nitrogen and oxygen atoms in total. The van der Waals surface area contributed by atoms with E-state index >= 15 is 0 Å². The molecule has 90 valence electrons. The molecule has 0 amide bonds. The first-order valence-corrected chi connectivity index (χ1v) is 6.48. The van der Waals surface area contributed by atoms with Crippen molar-refractivity contribution < 1.29 is 0 Å². The standard InChI is InChI=1S/C14H12BrN3/c15-10-4-5-12-13(8-10)18-14(17-12)7-9-2-1-3-11(16)6-9/h1-6,8H,7,16H2,(H,17,18). The highest BCUT2D eigenvalue weighted by Crippen LogP contribution is 2.19. The minimum atomic E-state index is 0.761. The Balaban J connectivity index is 1.95. The number of nitrogens with two attached hydrogens (primary N) is 1. The maximum absolute atomic E-state index is 5.77. The van der Waals surface area contributed by atoms with Crippen LogP contribution in [0, 0.1) is 0 Å². The van der Waals surface area contributed by atoms with Crippen molar-refractivity contribution in [2.45, 2.75) is 6.42 Å². The van der Waals surface area contributed by atoms with E-state index in [1.807, 2.05) is 36.4 Å². The summed E-state index contributed by atoms with van der Waals surface area (Å²) in [6.07, 6.45) is 0.761. The molecule has 0 bridgehead atoms. The van der Waals surface area contributed by atoms with Gasteiger partial charge in [0.1, 0.15) is 5.82 Å². The molecule has 0 spiro atoms. The average molecular weight is 302 g/mol. The van der Waals surface area contributed by atoms with Gasteiger partial charge in [-0.1, -0.05) is 28.1 Å². The third-order valence-corrected chi connectivity index (χ3v) is 3.31. The van der Waals surface area contributed by atoms with Crippen molar-refractivity contribution in [1.29, 1.82) is 0 Å². The molecule has 0 fully saturated rings. The number of nitrogens with one attached hydrogen (secondary N) is 1. The largest absolute Gasteiger partial charge is 0.399 e. The zero-order valence-electron chi connectivity index (χ0n) is 9.65. The number of H-pyrrole nitrogens is 1. The summed E-state index contributed by atoms with van der Waals surface area (Å²) in [6, 6.07) is 13.9. The number of anilines is 1. The van der Waals surface area contributed by atoms with Gasteiger partial charge in [0.2, 0.25) is 0 Å². The second-order valence-corrected chi connectivity index (χ2v) is 5.18. The van der Waals surface area contributed by atoms with Gasteiger partial charge in [-0.15, -0.1) is 0 Å². The molecule has 0 aliphatic carbocycles. The van der Waals surface area contributed by atoms with Gasteiger partial charge in [0.15, 0.2) is 0 Å². The average Bonchev–Trinajstić information content (AvgIpc) is 2.70. The van der Waals surface area contributed by atoms with Crippen LogP contribution in [0.5, 0.6) is 0 Å². The molecular formula is C14H12BrN3. The van der Waals surface area contributed by atoms with Crippen LogP contribution in [-0.4, -0.2) is 9.97 Å². The van der Waals surface area contributed by atoms with E-state index in [9.17, 15) is 0 Å². The number of halogens is 1. The monoisotopic (exact) mass is 301 g/mol. The highest BCUT2D eigenvalue weighted by Gasteiger charge is 2.04. The van der Waals surface area contributed by atoms with Gasteiger partial charge in [0.05, 0.1) is 11.0 Å². The van der Waals surface area contributed by atoms with Crippen molar-refractivity contribution in [3.8, 4) is 0 Å². The summed E-state index contributed by atoms with van der Waals surface area (Å²) in [5.41, 5.74) is 9.74. The van der Waals surface area contributed by atoms with E-state index in [0.29, 0.717) is 0 Å². The Morgan fingerprint density at radius 2 is 2.06 bits per heavy atom. The van der Waals surface area contributed by atoms with Crippen molar-refractivity contribution >= 4 is 32.7 Å². The number of fused-ring (bicyclic) bond motifs is 1. The van der Waals surface area contributed by atoms with Gasteiger partial charge in [0, 0.05) is 16.6 Å². The number of rotatable bonds is 2. The first-order valence-electron chi connectivity index (χ1n) is 5.69. The van der Waals surface area contributed by atoms with Crippen molar-refractivity contribution in [3.63, 3.8) is 0 Å². The molecule has 0 aliphatic heterocycles. The SMILES string of the molecule is Nc1cccc(Cc2nc3ccc(Br)cc3[nH]2)c1. The van der Waals surface area contributed by atoms with E-state index in [1.54, 1.807) is 0 Å². The molecule has 3 aromatic rings. The summed E-state index contributed by atoms with van der Waals surface area (Å²) in [7, 11) is 0. The molecule has 0 aliphatic rings. The fourth-order valence-electron chi connectivity index (χ4n) is 2.01. The van der Waals surface area contributed by atoms with Gasteiger partial charge in [-0.25, -0.2) is 4.98 Å². The molecule has 2 aromatic carbocycles. The molecule has 3 rings (SSSR count). The van der Waals surface area contributed by atoms with Crippen LogP contribution in [0.15, 0.2) is 46.9 Å². The molecule has 3 N–H and O–H groups in total. The van der Waals surface area contributed by atoms with Crippen LogP contribution in [0.3, 0.4) is 0 Å². The number of imidazole rings is 1.